The fourth-order valence-electron chi connectivity index (χ4n) is 4.08. The fraction of sp³-hybridized carbons (Fsp3) is 0.381. The van der Waals surface area contributed by atoms with E-state index in [2.05, 4.69) is 26.6 Å². The molecule has 8 heteroatoms. The molecule has 1 aliphatic carbocycles. The Morgan fingerprint density at radius 3 is 2.76 bits per heavy atom. The van der Waals surface area contributed by atoms with Gasteiger partial charge in [0.1, 0.15) is 5.52 Å². The van der Waals surface area contributed by atoms with Crippen molar-refractivity contribution in [2.75, 3.05) is 12.4 Å². The smallest absolute Gasteiger partial charge is 0.244 e. The van der Waals surface area contributed by atoms with Gasteiger partial charge in [0.2, 0.25) is 11.8 Å². The van der Waals surface area contributed by atoms with E-state index in [-0.39, 0.29) is 6.04 Å². The Bertz CT molecular complexity index is 1170. The van der Waals surface area contributed by atoms with Crippen LogP contribution in [-0.2, 0) is 0 Å². The van der Waals surface area contributed by atoms with E-state index in [0.717, 1.165) is 47.8 Å². The van der Waals surface area contributed by atoms with Gasteiger partial charge >= 0.3 is 0 Å². The maximum Gasteiger partial charge on any atom is 0.244 e. The molecular weight excluding hydrogens is 368 g/mol. The molecule has 0 amide bonds. The van der Waals surface area contributed by atoms with Crippen LogP contribution in [0.5, 0.6) is 5.88 Å². The van der Waals surface area contributed by atoms with Gasteiger partial charge in [-0.25, -0.2) is 9.03 Å². The van der Waals surface area contributed by atoms with E-state index in [1.54, 1.807) is 13.3 Å². The molecule has 8 nitrogen and oxygen atoms in total. The van der Waals surface area contributed by atoms with Crippen molar-refractivity contribution in [3.8, 4) is 17.0 Å². The Morgan fingerprint density at radius 2 is 1.97 bits per heavy atom. The molecule has 0 radical (unpaired) electrons. The summed E-state index contributed by atoms with van der Waals surface area (Å²) in [6.07, 6.45) is 8.96. The summed E-state index contributed by atoms with van der Waals surface area (Å²) in [5.74, 6) is 1.06. The summed E-state index contributed by atoms with van der Waals surface area (Å²) in [7, 11) is 1.63. The predicted molar refractivity (Wildman–Crippen MR) is 110 cm³/mol. The van der Waals surface area contributed by atoms with Gasteiger partial charge in [0.05, 0.1) is 18.2 Å². The van der Waals surface area contributed by atoms with Crippen molar-refractivity contribution < 1.29 is 9.84 Å². The quantitative estimate of drug-likeness (QED) is 0.555. The topological polar surface area (TPSA) is 89.0 Å². The lowest BCUT2D eigenvalue weighted by atomic mass is 9.84. The van der Waals surface area contributed by atoms with Gasteiger partial charge in [-0.1, -0.05) is 0 Å². The Balaban J connectivity index is 1.49. The Morgan fingerprint density at radius 1 is 1.17 bits per heavy atom. The number of hydrogen-bond donors (Lipinski definition) is 2. The van der Waals surface area contributed by atoms with Gasteiger partial charge in [-0.05, 0) is 62.4 Å². The van der Waals surface area contributed by atoms with Crippen LogP contribution in [-0.4, -0.2) is 48.1 Å². The summed E-state index contributed by atoms with van der Waals surface area (Å²) in [6.45, 7) is 1.90. The molecule has 2 N–H and O–H groups in total. The third-order valence-corrected chi connectivity index (χ3v) is 5.78. The zero-order valence-corrected chi connectivity index (χ0v) is 16.5. The monoisotopic (exact) mass is 392 g/mol. The number of methoxy groups -OCH3 is 1. The molecule has 0 aliphatic heterocycles. The molecule has 1 aliphatic rings. The summed E-state index contributed by atoms with van der Waals surface area (Å²) in [5, 5.41) is 22.5. The van der Waals surface area contributed by atoms with Gasteiger partial charge in [0.15, 0.2) is 0 Å². The Kier molecular flexibility index (Phi) is 4.16. The van der Waals surface area contributed by atoms with E-state index in [1.807, 2.05) is 46.5 Å². The van der Waals surface area contributed by atoms with E-state index >= 15 is 0 Å². The highest BCUT2D eigenvalue weighted by Crippen LogP contribution is 2.33. The highest BCUT2D eigenvalue weighted by molar-refractivity contribution is 5.85. The van der Waals surface area contributed by atoms with Crippen molar-refractivity contribution >= 4 is 17.0 Å². The zero-order chi connectivity index (χ0) is 20.0. The van der Waals surface area contributed by atoms with Gasteiger partial charge in [0.25, 0.3) is 0 Å². The van der Waals surface area contributed by atoms with E-state index in [0.29, 0.717) is 11.8 Å². The van der Waals surface area contributed by atoms with Crippen molar-refractivity contribution in [1.82, 2.24) is 24.2 Å². The standard InChI is InChI=1S/C21H24N6O2/c1-21(28)8-3-15(4-9-21)23-20-24-19(29-2)18-17(7-12-27(18)25-20)14-6-11-26-16(13-14)5-10-22-26/h5-7,10-13,15,28H,3-4,8-9H2,1-2H3,(H,23,25). The van der Waals surface area contributed by atoms with Crippen LogP contribution < -0.4 is 10.1 Å². The molecule has 0 aromatic carbocycles. The van der Waals surface area contributed by atoms with E-state index < -0.39 is 5.60 Å². The van der Waals surface area contributed by atoms with Crippen LogP contribution in [0.2, 0.25) is 0 Å². The van der Waals surface area contributed by atoms with Crippen molar-refractivity contribution in [1.29, 1.82) is 0 Å². The Labute approximate surface area is 168 Å². The number of nitrogens with zero attached hydrogens (tertiary/aromatic N) is 5. The molecule has 0 unspecified atom stereocenters. The van der Waals surface area contributed by atoms with Gasteiger partial charge < -0.3 is 15.2 Å². The minimum atomic E-state index is -0.563. The van der Waals surface area contributed by atoms with Gasteiger partial charge in [-0.2, -0.15) is 10.1 Å². The first-order valence-electron chi connectivity index (χ1n) is 9.88. The number of anilines is 1. The highest BCUT2D eigenvalue weighted by atomic mass is 16.5. The summed E-state index contributed by atoms with van der Waals surface area (Å²) in [4.78, 5) is 4.62. The lowest BCUT2D eigenvalue weighted by molar-refractivity contribution is 0.0195. The first kappa shape index (κ1) is 17.9. The number of aliphatic hydroxyl groups is 1. The summed E-state index contributed by atoms with van der Waals surface area (Å²) in [6, 6.07) is 8.35. The first-order valence-corrected chi connectivity index (χ1v) is 9.88. The molecule has 150 valence electrons. The van der Waals surface area contributed by atoms with Crippen LogP contribution in [0.15, 0.2) is 42.9 Å². The minimum Gasteiger partial charge on any atom is -0.479 e. The summed E-state index contributed by atoms with van der Waals surface area (Å²) in [5.41, 5.74) is 3.34. The SMILES string of the molecule is COc1nc(NC2CCC(C)(O)CC2)nn2ccc(-c3ccn4nccc4c3)c12. The van der Waals surface area contributed by atoms with E-state index in [9.17, 15) is 5.11 Å². The van der Waals surface area contributed by atoms with Crippen molar-refractivity contribution in [2.24, 2.45) is 0 Å². The average molecular weight is 392 g/mol. The number of ether oxygens (including phenoxy) is 1. The van der Waals surface area contributed by atoms with E-state index in [1.165, 1.54) is 0 Å². The molecule has 1 saturated carbocycles. The van der Waals surface area contributed by atoms with Gasteiger partial charge in [-0.3, -0.25) is 0 Å². The van der Waals surface area contributed by atoms with Crippen LogP contribution in [0.4, 0.5) is 5.95 Å². The third kappa shape index (κ3) is 3.29. The normalized spacial score (nSPS) is 22.2. The number of fused-ring (bicyclic) bond motifs is 2. The molecule has 5 rings (SSSR count). The van der Waals surface area contributed by atoms with Gasteiger partial charge in [-0.15, -0.1) is 5.10 Å². The van der Waals surface area contributed by atoms with Crippen LogP contribution in [0.3, 0.4) is 0 Å². The molecular formula is C21H24N6O2. The molecule has 0 saturated heterocycles. The fourth-order valence-corrected chi connectivity index (χ4v) is 4.08. The third-order valence-electron chi connectivity index (χ3n) is 5.78. The second-order valence-electron chi connectivity index (χ2n) is 8.00. The predicted octanol–water partition coefficient (Wildman–Crippen LogP) is 3.16. The van der Waals surface area contributed by atoms with E-state index in [4.69, 9.17) is 4.74 Å². The summed E-state index contributed by atoms with van der Waals surface area (Å²) >= 11 is 0. The molecule has 1 fully saturated rings. The first-order chi connectivity index (χ1) is 14.0. The molecule has 29 heavy (non-hydrogen) atoms. The largest absolute Gasteiger partial charge is 0.479 e. The average Bonchev–Trinajstić information content (AvgIpc) is 3.35. The van der Waals surface area contributed by atoms with Crippen LogP contribution in [0.25, 0.3) is 22.2 Å². The number of pyridine rings is 1. The van der Waals surface area contributed by atoms with Crippen molar-refractivity contribution in [3.05, 3.63) is 42.9 Å². The van der Waals surface area contributed by atoms with Crippen LogP contribution in [0.1, 0.15) is 32.6 Å². The lowest BCUT2D eigenvalue weighted by Crippen LogP contribution is -2.36. The molecule has 4 aromatic rings. The molecule has 0 bridgehead atoms. The Hall–Kier alpha value is -3.13. The number of hydrogen-bond acceptors (Lipinski definition) is 6. The molecule has 4 aromatic heterocycles. The maximum atomic E-state index is 10.2. The molecule has 0 spiro atoms. The summed E-state index contributed by atoms with van der Waals surface area (Å²) < 4.78 is 9.25. The lowest BCUT2D eigenvalue weighted by Gasteiger charge is -2.33. The van der Waals surface area contributed by atoms with Crippen molar-refractivity contribution in [3.63, 3.8) is 0 Å². The molecule has 4 heterocycles. The van der Waals surface area contributed by atoms with Crippen LogP contribution >= 0.6 is 0 Å². The number of rotatable bonds is 4. The minimum absolute atomic E-state index is 0.247. The zero-order valence-electron chi connectivity index (χ0n) is 16.5. The van der Waals surface area contributed by atoms with Crippen molar-refractivity contribution in [2.45, 2.75) is 44.2 Å². The van der Waals surface area contributed by atoms with Gasteiger partial charge in [0, 0.05) is 30.2 Å². The van der Waals surface area contributed by atoms with Crippen LogP contribution in [0, 0.1) is 0 Å². The second kappa shape index (κ2) is 6.73. The number of aromatic nitrogens is 5. The highest BCUT2D eigenvalue weighted by Gasteiger charge is 2.29. The second-order valence-corrected chi connectivity index (χ2v) is 8.00. The number of nitrogens with one attached hydrogen (secondary N) is 1. The molecule has 0 atom stereocenters. The maximum absolute atomic E-state index is 10.2.